The fourth-order valence-electron chi connectivity index (χ4n) is 2.67. The van der Waals surface area contributed by atoms with Crippen LogP contribution >= 0.6 is 0 Å². The third kappa shape index (κ3) is 3.39. The zero-order valence-corrected chi connectivity index (χ0v) is 11.4. The van der Waals surface area contributed by atoms with Gasteiger partial charge in [0, 0.05) is 19.6 Å². The number of rotatable bonds is 4. The Morgan fingerprint density at radius 3 is 2.95 bits per heavy atom. The smallest absolute Gasteiger partial charge is 0.142 e. The summed E-state index contributed by atoms with van der Waals surface area (Å²) in [7, 11) is 0. The lowest BCUT2D eigenvalue weighted by Crippen LogP contribution is -2.36. The highest BCUT2D eigenvalue weighted by atomic mass is 16.5. The number of ether oxygens (including phenoxy) is 2. The molecule has 2 aliphatic rings. The maximum Gasteiger partial charge on any atom is 0.142 e. The maximum atomic E-state index is 5.59. The highest BCUT2D eigenvalue weighted by Crippen LogP contribution is 2.28. The van der Waals surface area contributed by atoms with Crippen molar-refractivity contribution in [2.75, 3.05) is 51.3 Å². The second kappa shape index (κ2) is 6.26. The van der Waals surface area contributed by atoms with Gasteiger partial charge in [-0.05, 0) is 37.1 Å². The lowest BCUT2D eigenvalue weighted by Gasteiger charge is -2.26. The van der Waals surface area contributed by atoms with Gasteiger partial charge in [0.2, 0.25) is 0 Å². The van der Waals surface area contributed by atoms with Crippen LogP contribution in [0.2, 0.25) is 0 Å². The Balaban J connectivity index is 1.49. The molecule has 0 aliphatic carbocycles. The van der Waals surface area contributed by atoms with Crippen molar-refractivity contribution in [3.05, 3.63) is 23.8 Å². The van der Waals surface area contributed by atoms with E-state index in [0.717, 1.165) is 57.3 Å². The van der Waals surface area contributed by atoms with E-state index in [2.05, 4.69) is 28.4 Å². The van der Waals surface area contributed by atoms with Crippen molar-refractivity contribution in [1.82, 2.24) is 4.90 Å². The molecule has 2 heterocycles. The number of anilines is 1. The van der Waals surface area contributed by atoms with Gasteiger partial charge in [0.05, 0.1) is 18.9 Å². The first-order chi connectivity index (χ1) is 9.42. The number of morpholine rings is 1. The minimum absolute atomic E-state index is 0.767. The average molecular weight is 262 g/mol. The van der Waals surface area contributed by atoms with Crippen molar-refractivity contribution in [2.24, 2.45) is 0 Å². The van der Waals surface area contributed by atoms with Crippen LogP contribution in [0.25, 0.3) is 0 Å². The van der Waals surface area contributed by atoms with Crippen molar-refractivity contribution >= 4 is 5.69 Å². The van der Waals surface area contributed by atoms with E-state index in [4.69, 9.17) is 9.47 Å². The molecule has 2 aliphatic heterocycles. The van der Waals surface area contributed by atoms with Crippen LogP contribution in [0.3, 0.4) is 0 Å². The number of benzene rings is 1. The SMILES string of the molecule is c1cc2c(cc1CCCN1CCOCC1)NCCO2. The topological polar surface area (TPSA) is 33.7 Å². The summed E-state index contributed by atoms with van der Waals surface area (Å²) in [5, 5.41) is 3.39. The molecule has 1 saturated heterocycles. The summed E-state index contributed by atoms with van der Waals surface area (Å²) in [6.07, 6.45) is 2.34. The molecule has 4 nitrogen and oxygen atoms in total. The molecule has 1 fully saturated rings. The van der Waals surface area contributed by atoms with Gasteiger partial charge in [-0.3, -0.25) is 4.90 Å². The summed E-state index contributed by atoms with van der Waals surface area (Å²) >= 11 is 0. The molecular weight excluding hydrogens is 240 g/mol. The van der Waals surface area contributed by atoms with Crippen LogP contribution in [-0.2, 0) is 11.2 Å². The van der Waals surface area contributed by atoms with Crippen LogP contribution in [0.15, 0.2) is 18.2 Å². The van der Waals surface area contributed by atoms with Gasteiger partial charge in [0.1, 0.15) is 12.4 Å². The molecule has 0 saturated carbocycles. The van der Waals surface area contributed by atoms with Gasteiger partial charge < -0.3 is 14.8 Å². The molecular formula is C15H22N2O2. The highest BCUT2D eigenvalue weighted by Gasteiger charge is 2.11. The van der Waals surface area contributed by atoms with E-state index >= 15 is 0 Å². The van der Waals surface area contributed by atoms with E-state index in [9.17, 15) is 0 Å². The van der Waals surface area contributed by atoms with Crippen LogP contribution in [0, 0.1) is 0 Å². The lowest BCUT2D eigenvalue weighted by atomic mass is 10.1. The summed E-state index contributed by atoms with van der Waals surface area (Å²) < 4.78 is 11.0. The van der Waals surface area contributed by atoms with Gasteiger partial charge >= 0.3 is 0 Å². The largest absolute Gasteiger partial charge is 0.490 e. The predicted molar refractivity (Wildman–Crippen MR) is 76.0 cm³/mol. The first kappa shape index (κ1) is 12.8. The Labute approximate surface area is 114 Å². The molecule has 1 aromatic rings. The third-order valence-corrected chi connectivity index (χ3v) is 3.76. The van der Waals surface area contributed by atoms with E-state index in [-0.39, 0.29) is 0 Å². The molecule has 0 unspecified atom stereocenters. The summed E-state index contributed by atoms with van der Waals surface area (Å²) in [4.78, 5) is 2.49. The number of fused-ring (bicyclic) bond motifs is 1. The van der Waals surface area contributed by atoms with E-state index in [1.807, 2.05) is 0 Å². The Kier molecular flexibility index (Phi) is 4.20. The van der Waals surface area contributed by atoms with E-state index < -0.39 is 0 Å². The van der Waals surface area contributed by atoms with E-state index in [1.165, 1.54) is 18.5 Å². The summed E-state index contributed by atoms with van der Waals surface area (Å²) in [6.45, 7) is 6.79. The van der Waals surface area contributed by atoms with Crippen molar-refractivity contribution in [1.29, 1.82) is 0 Å². The normalized spacial score (nSPS) is 19.4. The molecule has 1 N–H and O–H groups in total. The second-order valence-corrected chi connectivity index (χ2v) is 5.16. The van der Waals surface area contributed by atoms with Crippen LogP contribution in [0.4, 0.5) is 5.69 Å². The molecule has 0 aromatic heterocycles. The number of aryl methyl sites for hydroxylation is 1. The number of hydrogen-bond donors (Lipinski definition) is 1. The standard InChI is InChI=1S/C15H22N2O2/c1(6-17-7-10-18-11-8-17)2-13-3-4-15-14(12-13)16-5-9-19-15/h3-4,12,16H,1-2,5-11H2. The Bertz CT molecular complexity index is 417. The molecule has 0 radical (unpaired) electrons. The van der Waals surface area contributed by atoms with Crippen molar-refractivity contribution in [3.8, 4) is 5.75 Å². The van der Waals surface area contributed by atoms with Crippen molar-refractivity contribution < 1.29 is 9.47 Å². The first-order valence-corrected chi connectivity index (χ1v) is 7.21. The van der Waals surface area contributed by atoms with Crippen LogP contribution < -0.4 is 10.1 Å². The zero-order valence-electron chi connectivity index (χ0n) is 11.4. The fraction of sp³-hybridized carbons (Fsp3) is 0.600. The Morgan fingerprint density at radius 1 is 1.16 bits per heavy atom. The number of nitrogens with zero attached hydrogens (tertiary/aromatic N) is 1. The summed E-state index contributed by atoms with van der Waals surface area (Å²) in [5.41, 5.74) is 2.54. The molecule has 0 bridgehead atoms. The van der Waals surface area contributed by atoms with Crippen LogP contribution in [0.1, 0.15) is 12.0 Å². The molecule has 1 aromatic carbocycles. The Hall–Kier alpha value is -1.26. The molecule has 4 heteroatoms. The van der Waals surface area contributed by atoms with E-state index in [0.29, 0.717) is 0 Å². The van der Waals surface area contributed by atoms with Gasteiger partial charge in [0.15, 0.2) is 0 Å². The molecule has 19 heavy (non-hydrogen) atoms. The first-order valence-electron chi connectivity index (χ1n) is 7.21. The quantitative estimate of drug-likeness (QED) is 0.896. The third-order valence-electron chi connectivity index (χ3n) is 3.76. The molecule has 0 spiro atoms. The van der Waals surface area contributed by atoms with Crippen LogP contribution in [0.5, 0.6) is 5.75 Å². The van der Waals surface area contributed by atoms with Gasteiger partial charge in [-0.2, -0.15) is 0 Å². The molecule has 3 rings (SSSR count). The summed E-state index contributed by atoms with van der Waals surface area (Å²) in [5.74, 6) is 0.989. The fourth-order valence-corrected chi connectivity index (χ4v) is 2.67. The van der Waals surface area contributed by atoms with Gasteiger partial charge in [-0.25, -0.2) is 0 Å². The molecule has 0 atom stereocenters. The average Bonchev–Trinajstić information content (AvgIpc) is 2.48. The Morgan fingerprint density at radius 2 is 2.05 bits per heavy atom. The zero-order chi connectivity index (χ0) is 12.9. The van der Waals surface area contributed by atoms with Crippen LogP contribution in [-0.4, -0.2) is 50.9 Å². The lowest BCUT2D eigenvalue weighted by molar-refractivity contribution is 0.0375. The monoisotopic (exact) mass is 262 g/mol. The minimum Gasteiger partial charge on any atom is -0.490 e. The highest BCUT2D eigenvalue weighted by molar-refractivity contribution is 5.59. The number of nitrogens with one attached hydrogen (secondary N) is 1. The number of hydrogen-bond acceptors (Lipinski definition) is 4. The maximum absolute atomic E-state index is 5.59. The summed E-state index contributed by atoms with van der Waals surface area (Å²) in [6, 6.07) is 6.50. The second-order valence-electron chi connectivity index (χ2n) is 5.16. The van der Waals surface area contributed by atoms with Gasteiger partial charge in [-0.1, -0.05) is 6.07 Å². The predicted octanol–water partition coefficient (Wildman–Crippen LogP) is 1.76. The van der Waals surface area contributed by atoms with Gasteiger partial charge in [-0.15, -0.1) is 0 Å². The molecule has 0 amide bonds. The van der Waals surface area contributed by atoms with Gasteiger partial charge in [0.25, 0.3) is 0 Å². The van der Waals surface area contributed by atoms with Crippen molar-refractivity contribution in [3.63, 3.8) is 0 Å². The molecule has 104 valence electrons. The minimum atomic E-state index is 0.767. The van der Waals surface area contributed by atoms with Crippen molar-refractivity contribution in [2.45, 2.75) is 12.8 Å². The van der Waals surface area contributed by atoms with E-state index in [1.54, 1.807) is 0 Å².